The minimum Gasteiger partial charge on any atom is -0.475 e. The number of carbonyl (C=O) groups is 2. The summed E-state index contributed by atoms with van der Waals surface area (Å²) in [6, 6.07) is 7.90. The molecule has 0 aliphatic carbocycles. The molecule has 0 aliphatic rings. The van der Waals surface area contributed by atoms with Crippen molar-refractivity contribution in [2.75, 3.05) is 5.32 Å². The molecule has 0 bridgehead atoms. The zero-order chi connectivity index (χ0) is 18.6. The minimum absolute atomic E-state index is 0.135. The van der Waals surface area contributed by atoms with E-state index in [9.17, 15) is 9.59 Å². The van der Waals surface area contributed by atoms with Crippen molar-refractivity contribution in [2.45, 2.75) is 20.3 Å². The summed E-state index contributed by atoms with van der Waals surface area (Å²) in [6.45, 7) is 3.87. The Hall–Kier alpha value is -2.38. The quantitative estimate of drug-likeness (QED) is 0.675. The van der Waals surface area contributed by atoms with Gasteiger partial charge in [0.2, 0.25) is 11.7 Å². The van der Waals surface area contributed by atoms with Crippen LogP contribution in [0.3, 0.4) is 0 Å². The third-order valence-electron chi connectivity index (χ3n) is 3.16. The second-order valence-corrected chi connectivity index (χ2v) is 6.58. The van der Waals surface area contributed by atoms with E-state index in [2.05, 4.69) is 10.6 Å². The van der Waals surface area contributed by atoms with Gasteiger partial charge in [0.1, 0.15) is 5.76 Å². The van der Waals surface area contributed by atoms with Gasteiger partial charge in [0.25, 0.3) is 0 Å². The van der Waals surface area contributed by atoms with Gasteiger partial charge in [-0.15, -0.1) is 0 Å². The van der Waals surface area contributed by atoms with Crippen molar-refractivity contribution >= 4 is 46.5 Å². The maximum absolute atomic E-state index is 11.8. The number of thiocarbonyl (C=S) groups is 1. The van der Waals surface area contributed by atoms with E-state index in [1.54, 1.807) is 24.3 Å². The topological polar surface area (TPSA) is 91.6 Å². The maximum Gasteiger partial charge on any atom is 0.371 e. The molecule has 0 atom stereocenters. The van der Waals surface area contributed by atoms with Gasteiger partial charge < -0.3 is 20.2 Å². The smallest absolute Gasteiger partial charge is 0.371 e. The van der Waals surface area contributed by atoms with Crippen LogP contribution in [0.4, 0.5) is 5.69 Å². The molecule has 1 aromatic heterocycles. The van der Waals surface area contributed by atoms with E-state index >= 15 is 0 Å². The number of furan rings is 1. The van der Waals surface area contributed by atoms with E-state index in [-0.39, 0.29) is 22.7 Å². The van der Waals surface area contributed by atoms with Crippen LogP contribution in [0, 0.1) is 5.92 Å². The summed E-state index contributed by atoms with van der Waals surface area (Å²) in [5.41, 5.74) is 1.10. The first kappa shape index (κ1) is 19.0. The predicted molar refractivity (Wildman–Crippen MR) is 99.9 cm³/mol. The highest BCUT2D eigenvalue weighted by Gasteiger charge is 2.13. The van der Waals surface area contributed by atoms with Crippen molar-refractivity contribution < 1.29 is 19.1 Å². The number of anilines is 1. The largest absolute Gasteiger partial charge is 0.475 e. The molecule has 0 spiro atoms. The van der Waals surface area contributed by atoms with Gasteiger partial charge in [0, 0.05) is 12.0 Å². The van der Waals surface area contributed by atoms with Gasteiger partial charge in [0.05, 0.1) is 10.7 Å². The Morgan fingerprint density at radius 3 is 2.60 bits per heavy atom. The molecular weight excluding hydrogens is 364 g/mol. The van der Waals surface area contributed by atoms with Crippen LogP contribution < -0.4 is 10.6 Å². The zero-order valence-corrected chi connectivity index (χ0v) is 15.2. The van der Waals surface area contributed by atoms with E-state index in [1.807, 2.05) is 13.8 Å². The zero-order valence-electron chi connectivity index (χ0n) is 13.6. The molecular formula is C17H17ClN2O4S. The number of hydrogen-bond acceptors (Lipinski definition) is 4. The Labute approximate surface area is 155 Å². The van der Waals surface area contributed by atoms with Gasteiger partial charge in [-0.2, -0.15) is 0 Å². The fraction of sp³-hybridized carbons (Fsp3) is 0.235. The van der Waals surface area contributed by atoms with Crippen LogP contribution in [-0.2, 0) is 4.79 Å². The SMILES string of the molecule is CC(C)CC(=O)NC(=S)Nc1cc(-c2ccc(C(=O)O)o2)ccc1Cl. The van der Waals surface area contributed by atoms with E-state index < -0.39 is 5.97 Å². The lowest BCUT2D eigenvalue weighted by Crippen LogP contribution is -2.34. The molecule has 0 aliphatic heterocycles. The first-order chi connectivity index (χ1) is 11.8. The summed E-state index contributed by atoms with van der Waals surface area (Å²) in [7, 11) is 0. The molecule has 2 aromatic rings. The van der Waals surface area contributed by atoms with Crippen molar-refractivity contribution in [1.82, 2.24) is 5.32 Å². The Bertz CT molecular complexity index is 817. The minimum atomic E-state index is -1.15. The van der Waals surface area contributed by atoms with Crippen LogP contribution in [0.15, 0.2) is 34.7 Å². The predicted octanol–water partition coefficient (Wildman–Crippen LogP) is 4.16. The summed E-state index contributed by atoms with van der Waals surface area (Å²) < 4.78 is 5.27. The molecule has 3 N–H and O–H groups in total. The van der Waals surface area contributed by atoms with Gasteiger partial charge >= 0.3 is 5.97 Å². The van der Waals surface area contributed by atoms with Crippen molar-refractivity contribution in [2.24, 2.45) is 5.92 Å². The fourth-order valence-electron chi connectivity index (χ4n) is 2.08. The van der Waals surface area contributed by atoms with Gasteiger partial charge in [0.15, 0.2) is 5.11 Å². The Balaban J connectivity index is 2.14. The second kappa shape index (κ2) is 8.13. The standard InChI is InChI=1S/C17H17ClN2O4S/c1-9(2)7-15(21)20-17(25)19-12-8-10(3-4-11(12)18)13-5-6-14(24-13)16(22)23/h3-6,8-9H,7H2,1-2H3,(H,22,23)(H2,19,20,21,25). The monoisotopic (exact) mass is 380 g/mol. The second-order valence-electron chi connectivity index (χ2n) is 5.76. The molecule has 0 unspecified atom stereocenters. The average Bonchev–Trinajstić information content (AvgIpc) is 2.98. The van der Waals surface area contributed by atoms with Crippen LogP contribution >= 0.6 is 23.8 Å². The molecule has 1 amide bonds. The van der Waals surface area contributed by atoms with Crippen LogP contribution in [0.1, 0.15) is 30.8 Å². The summed E-state index contributed by atoms with van der Waals surface area (Å²) in [5, 5.41) is 14.9. The highest BCUT2D eigenvalue weighted by molar-refractivity contribution is 7.80. The highest BCUT2D eigenvalue weighted by atomic mass is 35.5. The number of halogens is 1. The molecule has 1 aromatic carbocycles. The van der Waals surface area contributed by atoms with Gasteiger partial charge in [-0.1, -0.05) is 25.4 Å². The molecule has 25 heavy (non-hydrogen) atoms. The lowest BCUT2D eigenvalue weighted by Gasteiger charge is -2.12. The number of hydrogen-bond donors (Lipinski definition) is 3. The van der Waals surface area contributed by atoms with Crippen LogP contribution in [0.5, 0.6) is 0 Å². The third kappa shape index (κ3) is 5.30. The average molecular weight is 381 g/mol. The molecule has 0 fully saturated rings. The van der Waals surface area contributed by atoms with E-state index in [1.165, 1.54) is 6.07 Å². The lowest BCUT2D eigenvalue weighted by atomic mass is 10.1. The Kier molecular flexibility index (Phi) is 6.17. The Morgan fingerprint density at radius 1 is 1.28 bits per heavy atom. The van der Waals surface area contributed by atoms with Crippen molar-refractivity contribution in [1.29, 1.82) is 0 Å². The number of nitrogens with one attached hydrogen (secondary N) is 2. The number of carboxylic acid groups (broad SMARTS) is 1. The van der Waals surface area contributed by atoms with E-state index in [0.717, 1.165) is 0 Å². The number of benzene rings is 1. The van der Waals surface area contributed by atoms with Gasteiger partial charge in [-0.3, -0.25) is 4.79 Å². The van der Waals surface area contributed by atoms with Crippen LogP contribution in [-0.4, -0.2) is 22.1 Å². The van der Waals surface area contributed by atoms with Crippen LogP contribution in [0.25, 0.3) is 11.3 Å². The number of aromatic carboxylic acids is 1. The Morgan fingerprint density at radius 2 is 2.00 bits per heavy atom. The lowest BCUT2D eigenvalue weighted by molar-refractivity contribution is -0.120. The summed E-state index contributed by atoms with van der Waals surface area (Å²) in [5.74, 6) is -0.885. The molecule has 0 radical (unpaired) electrons. The summed E-state index contributed by atoms with van der Waals surface area (Å²) in [4.78, 5) is 22.7. The van der Waals surface area contributed by atoms with Gasteiger partial charge in [-0.25, -0.2) is 4.79 Å². The highest BCUT2D eigenvalue weighted by Crippen LogP contribution is 2.30. The summed E-state index contributed by atoms with van der Waals surface area (Å²) in [6.07, 6.45) is 0.361. The van der Waals surface area contributed by atoms with Crippen molar-refractivity contribution in [3.8, 4) is 11.3 Å². The normalized spacial score (nSPS) is 10.6. The fourth-order valence-corrected chi connectivity index (χ4v) is 2.47. The molecule has 8 heteroatoms. The molecule has 132 valence electrons. The van der Waals surface area contributed by atoms with Crippen molar-refractivity contribution in [3.63, 3.8) is 0 Å². The molecule has 6 nitrogen and oxygen atoms in total. The number of carboxylic acids is 1. The third-order valence-corrected chi connectivity index (χ3v) is 3.70. The van der Waals surface area contributed by atoms with E-state index in [4.69, 9.17) is 33.3 Å². The van der Waals surface area contributed by atoms with Crippen molar-refractivity contribution in [3.05, 3.63) is 41.1 Å². The first-order valence-electron chi connectivity index (χ1n) is 7.50. The van der Waals surface area contributed by atoms with Crippen LogP contribution in [0.2, 0.25) is 5.02 Å². The maximum atomic E-state index is 11.8. The number of carbonyl (C=O) groups excluding carboxylic acids is 1. The van der Waals surface area contributed by atoms with Gasteiger partial charge in [-0.05, 0) is 48.5 Å². The molecule has 0 saturated heterocycles. The summed E-state index contributed by atoms with van der Waals surface area (Å²) >= 11 is 11.3. The molecule has 2 rings (SSSR count). The molecule has 0 saturated carbocycles. The first-order valence-corrected chi connectivity index (χ1v) is 8.28. The molecule has 1 heterocycles. The number of rotatable bonds is 5. The van der Waals surface area contributed by atoms with E-state index in [0.29, 0.717) is 28.5 Å². The number of amides is 1.